The summed E-state index contributed by atoms with van der Waals surface area (Å²) >= 11 is 4.87. The second-order valence-electron chi connectivity index (χ2n) is 4.72. The minimum Gasteiger partial charge on any atom is -0.392 e. The van der Waals surface area contributed by atoms with Crippen LogP contribution in [0.3, 0.4) is 0 Å². The molecule has 114 valence electrons. The van der Waals surface area contributed by atoms with E-state index in [0.717, 1.165) is 14.9 Å². The lowest BCUT2D eigenvalue weighted by molar-refractivity contribution is 0.280. The molecule has 7 heteroatoms. The number of aryl methyl sites for hydroxylation is 2. The molecule has 0 radical (unpaired) electrons. The molecule has 2 N–H and O–H groups in total. The lowest BCUT2D eigenvalue weighted by Gasteiger charge is -2.12. The molecule has 0 spiro atoms. The second-order valence-corrected chi connectivity index (χ2v) is 8.31. The van der Waals surface area contributed by atoms with Gasteiger partial charge in [-0.2, -0.15) is 0 Å². The Morgan fingerprint density at radius 2 is 2.00 bits per heavy atom. The van der Waals surface area contributed by atoms with Crippen molar-refractivity contribution in [1.82, 2.24) is 4.72 Å². The zero-order chi connectivity index (χ0) is 15.6. The molecule has 21 heavy (non-hydrogen) atoms. The van der Waals surface area contributed by atoms with E-state index in [0.29, 0.717) is 11.1 Å². The number of rotatable bonds is 5. The fourth-order valence-electron chi connectivity index (χ4n) is 2.02. The third-order valence-electron chi connectivity index (χ3n) is 3.21. The molecule has 0 aliphatic carbocycles. The summed E-state index contributed by atoms with van der Waals surface area (Å²) in [5.74, 6) is 0. The van der Waals surface area contributed by atoms with Crippen molar-refractivity contribution in [2.45, 2.75) is 31.9 Å². The third-order valence-corrected chi connectivity index (χ3v) is 6.68. The summed E-state index contributed by atoms with van der Waals surface area (Å²) in [7, 11) is -3.61. The molecule has 4 nitrogen and oxygen atoms in total. The lowest BCUT2D eigenvalue weighted by Crippen LogP contribution is -2.24. The van der Waals surface area contributed by atoms with E-state index in [2.05, 4.69) is 20.7 Å². The van der Waals surface area contributed by atoms with Crippen molar-refractivity contribution in [2.24, 2.45) is 0 Å². The molecular weight excluding hydrogens is 374 g/mol. The van der Waals surface area contributed by atoms with Gasteiger partial charge in [-0.05, 0) is 64.0 Å². The van der Waals surface area contributed by atoms with Gasteiger partial charge in [-0.15, -0.1) is 11.3 Å². The van der Waals surface area contributed by atoms with E-state index in [1.54, 1.807) is 13.0 Å². The molecule has 1 aromatic heterocycles. The molecule has 0 bridgehead atoms. The minimum absolute atomic E-state index is 0.175. The van der Waals surface area contributed by atoms with Gasteiger partial charge < -0.3 is 5.11 Å². The van der Waals surface area contributed by atoms with Crippen LogP contribution in [0.15, 0.2) is 32.9 Å². The van der Waals surface area contributed by atoms with Crippen molar-refractivity contribution in [2.75, 3.05) is 0 Å². The average molecular weight is 390 g/mol. The van der Waals surface area contributed by atoms with Gasteiger partial charge in [0.2, 0.25) is 10.0 Å². The van der Waals surface area contributed by atoms with Crippen LogP contribution in [0.2, 0.25) is 0 Å². The maximum absolute atomic E-state index is 12.4. The first-order valence-electron chi connectivity index (χ1n) is 6.27. The van der Waals surface area contributed by atoms with Crippen LogP contribution in [-0.4, -0.2) is 13.5 Å². The van der Waals surface area contributed by atoms with Crippen molar-refractivity contribution in [1.29, 1.82) is 0 Å². The van der Waals surface area contributed by atoms with Crippen molar-refractivity contribution < 1.29 is 13.5 Å². The number of nitrogens with one attached hydrogen (secondary N) is 1. The Bertz CT molecular complexity index is 754. The van der Waals surface area contributed by atoms with Gasteiger partial charge in [-0.1, -0.05) is 6.07 Å². The average Bonchev–Trinajstić information content (AvgIpc) is 2.82. The van der Waals surface area contributed by atoms with E-state index >= 15 is 0 Å². The number of benzene rings is 1. The molecule has 2 aromatic rings. The molecule has 0 aliphatic rings. The smallest absolute Gasteiger partial charge is 0.241 e. The van der Waals surface area contributed by atoms with Gasteiger partial charge >= 0.3 is 0 Å². The zero-order valence-corrected chi connectivity index (χ0v) is 14.9. The summed E-state index contributed by atoms with van der Waals surface area (Å²) in [4.78, 5) is 1.13. The van der Waals surface area contributed by atoms with Crippen molar-refractivity contribution in [3.8, 4) is 0 Å². The van der Waals surface area contributed by atoms with Gasteiger partial charge in [-0.25, -0.2) is 13.1 Å². The van der Waals surface area contributed by atoms with E-state index in [1.165, 1.54) is 17.4 Å². The van der Waals surface area contributed by atoms with Crippen LogP contribution in [0, 0.1) is 13.8 Å². The van der Waals surface area contributed by atoms with Gasteiger partial charge in [0.05, 0.1) is 11.5 Å². The summed E-state index contributed by atoms with van der Waals surface area (Å²) in [6.45, 7) is 3.67. The number of hydrogen-bond donors (Lipinski definition) is 2. The molecule has 0 amide bonds. The fraction of sp³-hybridized carbons (Fsp3) is 0.286. The number of thiophene rings is 1. The second kappa shape index (κ2) is 6.58. The van der Waals surface area contributed by atoms with Crippen LogP contribution in [0.5, 0.6) is 0 Å². The highest BCUT2D eigenvalue weighted by Gasteiger charge is 2.19. The molecule has 0 saturated carbocycles. The molecule has 2 rings (SSSR count). The van der Waals surface area contributed by atoms with Crippen LogP contribution in [-0.2, 0) is 23.2 Å². The molecule has 1 heterocycles. The molecule has 1 aromatic carbocycles. The predicted octanol–water partition coefficient (Wildman–Crippen LogP) is 3.10. The van der Waals surface area contributed by atoms with Crippen LogP contribution in [0.1, 0.15) is 21.6 Å². The molecule has 0 fully saturated rings. The quantitative estimate of drug-likeness (QED) is 0.825. The van der Waals surface area contributed by atoms with Gasteiger partial charge in [0.1, 0.15) is 0 Å². The summed E-state index contributed by atoms with van der Waals surface area (Å²) in [6, 6.07) is 5.20. The topological polar surface area (TPSA) is 66.4 Å². The summed E-state index contributed by atoms with van der Waals surface area (Å²) in [5.41, 5.74) is 2.18. The predicted molar refractivity (Wildman–Crippen MR) is 87.9 cm³/mol. The monoisotopic (exact) mass is 389 g/mol. The van der Waals surface area contributed by atoms with E-state index in [1.807, 2.05) is 18.4 Å². The first kappa shape index (κ1) is 16.6. The summed E-state index contributed by atoms with van der Waals surface area (Å²) < 4.78 is 28.4. The maximum Gasteiger partial charge on any atom is 0.241 e. The lowest BCUT2D eigenvalue weighted by atomic mass is 10.1. The number of halogens is 1. The highest BCUT2D eigenvalue weighted by molar-refractivity contribution is 9.10. The Morgan fingerprint density at radius 3 is 2.57 bits per heavy atom. The maximum atomic E-state index is 12.4. The zero-order valence-electron chi connectivity index (χ0n) is 11.7. The Morgan fingerprint density at radius 1 is 1.29 bits per heavy atom. The van der Waals surface area contributed by atoms with E-state index in [9.17, 15) is 13.5 Å². The number of aliphatic hydroxyl groups is 1. The molecule has 0 unspecified atom stereocenters. The highest BCUT2D eigenvalue weighted by Crippen LogP contribution is 2.24. The first-order chi connectivity index (χ1) is 9.85. The van der Waals surface area contributed by atoms with Crippen LogP contribution < -0.4 is 4.72 Å². The van der Waals surface area contributed by atoms with Crippen LogP contribution >= 0.6 is 27.3 Å². The largest absolute Gasteiger partial charge is 0.392 e. The SMILES string of the molecule is Cc1cc(C)c(S(=O)(=O)NCc2sccc2Br)cc1CO. The summed E-state index contributed by atoms with van der Waals surface area (Å²) in [5, 5.41) is 11.2. The fourth-order valence-corrected chi connectivity index (χ4v) is 4.82. The Labute approximate surface area is 137 Å². The summed E-state index contributed by atoms with van der Waals surface area (Å²) in [6.07, 6.45) is 0. The number of hydrogen-bond acceptors (Lipinski definition) is 4. The Balaban J connectivity index is 2.29. The molecule has 0 atom stereocenters. The van der Waals surface area contributed by atoms with Gasteiger partial charge in [0, 0.05) is 15.9 Å². The van der Waals surface area contributed by atoms with E-state index in [4.69, 9.17) is 0 Å². The van der Waals surface area contributed by atoms with E-state index in [-0.39, 0.29) is 18.0 Å². The van der Waals surface area contributed by atoms with Gasteiger partial charge in [-0.3, -0.25) is 0 Å². The highest BCUT2D eigenvalue weighted by atomic mass is 79.9. The van der Waals surface area contributed by atoms with Crippen LogP contribution in [0.4, 0.5) is 0 Å². The van der Waals surface area contributed by atoms with E-state index < -0.39 is 10.0 Å². The molecular formula is C14H16BrNO3S2. The Kier molecular flexibility index (Phi) is 5.21. The van der Waals surface area contributed by atoms with Crippen molar-refractivity contribution in [3.63, 3.8) is 0 Å². The third kappa shape index (κ3) is 3.73. The Hall–Kier alpha value is -0.730. The first-order valence-corrected chi connectivity index (χ1v) is 9.43. The van der Waals surface area contributed by atoms with Crippen molar-refractivity contribution in [3.05, 3.63) is 49.6 Å². The number of aliphatic hydroxyl groups excluding tert-OH is 1. The van der Waals surface area contributed by atoms with Crippen LogP contribution in [0.25, 0.3) is 0 Å². The molecule has 0 saturated heterocycles. The molecule has 0 aliphatic heterocycles. The van der Waals surface area contributed by atoms with Gasteiger partial charge in [0.15, 0.2) is 0 Å². The van der Waals surface area contributed by atoms with Crippen molar-refractivity contribution >= 4 is 37.3 Å². The minimum atomic E-state index is -3.61. The van der Waals surface area contributed by atoms with Gasteiger partial charge in [0.25, 0.3) is 0 Å². The standard InChI is InChI=1S/C14H16BrNO3S2/c1-9-5-10(2)14(6-11(9)8-17)21(18,19)16-7-13-12(15)3-4-20-13/h3-6,16-17H,7-8H2,1-2H3. The normalized spacial score (nSPS) is 11.8. The number of sulfonamides is 1.